The number of hydrogen-bond acceptors (Lipinski definition) is 18. The van der Waals surface area contributed by atoms with Crippen LogP contribution in [0.3, 0.4) is 0 Å². The third-order valence-corrected chi connectivity index (χ3v) is 18.2. The number of hydrogen-bond donors (Lipinski definition) is 9. The quantitative estimate of drug-likeness (QED) is 0.0173. The first-order valence-corrected chi connectivity index (χ1v) is 35.4. The molecular weight excluding hydrogens is 1320 g/mol. The predicted molar refractivity (Wildman–Crippen MR) is 379 cm³/mol. The molecule has 1 fully saturated rings. The van der Waals surface area contributed by atoms with Crippen molar-refractivity contribution in [1.29, 1.82) is 0 Å². The van der Waals surface area contributed by atoms with Gasteiger partial charge in [-0.05, 0) is 122 Å². The fraction of sp³-hybridized carbons (Fsp3) is 0.569. The Morgan fingerprint density at radius 2 is 1.37 bits per heavy atom. The van der Waals surface area contributed by atoms with Gasteiger partial charge in [-0.2, -0.15) is 4.68 Å². The summed E-state index contributed by atoms with van der Waals surface area (Å²) in [6.45, 7) is 14.5. The number of fused-ring (bicyclic) bond motifs is 6. The number of unbranched alkanes of at least 4 members (excludes halogenated alkanes) is 2. The maximum atomic E-state index is 13.9. The average molecular weight is 1420 g/mol. The highest BCUT2D eigenvalue weighted by Crippen LogP contribution is 2.49. The molecule has 9 amide bonds. The van der Waals surface area contributed by atoms with E-state index >= 15 is 0 Å². The number of likely N-dealkylation sites (N-methyl/N-ethyl adjacent to an activating group) is 2. The largest absolute Gasteiger partial charge is 0.445 e. The number of benzene rings is 3. The van der Waals surface area contributed by atoms with E-state index < -0.39 is 48.0 Å². The summed E-state index contributed by atoms with van der Waals surface area (Å²) in [6, 6.07) is 11.2. The van der Waals surface area contributed by atoms with Gasteiger partial charge < -0.3 is 90.3 Å². The second-order valence-corrected chi connectivity index (χ2v) is 26.1. The number of amides is 9. The van der Waals surface area contributed by atoms with Crippen LogP contribution in [0.4, 0.5) is 20.1 Å². The van der Waals surface area contributed by atoms with Crippen LogP contribution in [0.2, 0.25) is 0 Å². The average Bonchev–Trinajstić information content (AvgIpc) is 1.57. The summed E-state index contributed by atoms with van der Waals surface area (Å²) < 4.78 is 47.2. The molecule has 1 saturated carbocycles. The Morgan fingerprint density at radius 1 is 0.686 bits per heavy atom. The summed E-state index contributed by atoms with van der Waals surface area (Å²) in [4.78, 5) is 114. The van der Waals surface area contributed by atoms with Gasteiger partial charge in [-0.3, -0.25) is 29.0 Å². The molecule has 5 atom stereocenters. The van der Waals surface area contributed by atoms with Crippen LogP contribution in [0.1, 0.15) is 100 Å². The van der Waals surface area contributed by atoms with Crippen LogP contribution in [0.15, 0.2) is 60.9 Å². The summed E-state index contributed by atoms with van der Waals surface area (Å²) in [6.07, 6.45) is 9.57. The third kappa shape index (κ3) is 24.0. The van der Waals surface area contributed by atoms with Crippen molar-refractivity contribution in [3.63, 3.8) is 0 Å². The maximum Gasteiger partial charge on any atom is 0.415 e. The zero-order chi connectivity index (χ0) is 72.9. The highest BCUT2D eigenvalue weighted by atomic mass is 16.6. The first-order chi connectivity index (χ1) is 49.3. The number of aromatic nitrogens is 5. The molecule has 6 aromatic rings. The molecule has 1 unspecified atom stereocenters. The molecule has 2 aliphatic rings. The lowest BCUT2D eigenvalue weighted by atomic mass is 9.97. The smallest absolute Gasteiger partial charge is 0.415 e. The number of aryl methyl sites for hydroxylation is 3. The number of aromatic amines is 2. The van der Waals surface area contributed by atoms with Crippen molar-refractivity contribution in [3.05, 3.63) is 89.0 Å². The van der Waals surface area contributed by atoms with Crippen molar-refractivity contribution in [3.8, 4) is 5.75 Å². The number of primary amides is 1. The van der Waals surface area contributed by atoms with Crippen LogP contribution in [0.5, 0.6) is 5.75 Å². The van der Waals surface area contributed by atoms with Gasteiger partial charge in [0.25, 0.3) is 0 Å². The minimum atomic E-state index is -1.09. The van der Waals surface area contributed by atoms with Crippen molar-refractivity contribution < 1.29 is 80.9 Å². The van der Waals surface area contributed by atoms with E-state index in [0.717, 1.165) is 100 Å². The number of carbonyl (C=O) groups excluding carboxylic acids is 8. The minimum Gasteiger partial charge on any atom is -0.445 e. The van der Waals surface area contributed by atoms with E-state index in [-0.39, 0.29) is 82.7 Å². The number of H-pyrrole nitrogens is 2. The number of pyridine rings is 1. The topological polar surface area (TPSA) is 376 Å². The fourth-order valence-electron chi connectivity index (χ4n) is 12.3. The van der Waals surface area contributed by atoms with Crippen LogP contribution < -0.4 is 47.1 Å². The number of rotatable bonds is 43. The molecule has 30 nitrogen and oxygen atoms in total. The molecule has 0 saturated heterocycles. The van der Waals surface area contributed by atoms with Crippen molar-refractivity contribution >= 4 is 86.0 Å². The van der Waals surface area contributed by atoms with Gasteiger partial charge >= 0.3 is 18.2 Å². The lowest BCUT2D eigenvalue weighted by Gasteiger charge is -2.25. The molecule has 0 bridgehead atoms. The molecule has 3 aromatic heterocycles. The van der Waals surface area contributed by atoms with E-state index in [1.807, 2.05) is 29.1 Å². The highest BCUT2D eigenvalue weighted by Gasteiger charge is 2.52. The molecule has 30 heteroatoms. The van der Waals surface area contributed by atoms with Crippen molar-refractivity contribution in [2.24, 2.45) is 23.5 Å². The van der Waals surface area contributed by atoms with E-state index in [9.17, 15) is 38.4 Å². The van der Waals surface area contributed by atoms with Gasteiger partial charge in [-0.1, -0.05) is 51.0 Å². The van der Waals surface area contributed by atoms with Crippen molar-refractivity contribution in [1.82, 2.24) is 56.7 Å². The number of nitrogens with two attached hydrogens (primary N) is 1. The van der Waals surface area contributed by atoms with Crippen LogP contribution in [0.25, 0.3) is 32.6 Å². The first kappa shape index (κ1) is 78.6. The van der Waals surface area contributed by atoms with Gasteiger partial charge in [0.05, 0.1) is 71.1 Å². The Hall–Kier alpha value is -9.07. The summed E-state index contributed by atoms with van der Waals surface area (Å²) in [5.74, 6) is -1.24. The third-order valence-electron chi connectivity index (χ3n) is 18.2. The van der Waals surface area contributed by atoms with E-state index in [4.69, 9.17) is 43.6 Å². The van der Waals surface area contributed by atoms with Crippen molar-refractivity contribution in [2.45, 2.75) is 130 Å². The number of nitrogens with one attached hydrogen (secondary N) is 8. The Kier molecular flexibility index (Phi) is 31.3. The zero-order valence-electron chi connectivity index (χ0n) is 59.9. The number of ether oxygens (including phenoxy) is 8. The van der Waals surface area contributed by atoms with Crippen LogP contribution in [0, 0.1) is 31.6 Å². The zero-order valence-corrected chi connectivity index (χ0v) is 59.9. The van der Waals surface area contributed by atoms with Gasteiger partial charge in [0.2, 0.25) is 35.2 Å². The summed E-state index contributed by atoms with van der Waals surface area (Å²) in [5, 5.41) is 28.4. The Labute approximate surface area is 594 Å². The van der Waals surface area contributed by atoms with Crippen LogP contribution in [-0.2, 0) is 83.1 Å². The second-order valence-electron chi connectivity index (χ2n) is 26.1. The van der Waals surface area contributed by atoms with Crippen LogP contribution in [-0.4, -0.2) is 216 Å². The molecule has 3 heterocycles. The molecule has 102 heavy (non-hydrogen) atoms. The lowest BCUT2D eigenvalue weighted by molar-refractivity contribution is -0.761. The molecule has 0 radical (unpaired) electrons. The van der Waals surface area contributed by atoms with E-state index in [1.54, 1.807) is 64.5 Å². The SMILES string of the molecule is CCCCCNC(=O)CCOCCOCCOCCOCCNC(=O)COC1[C@H]2CCc3c(n[nH][n+]3CCOCC(=O)N[C@H](C(=O)N[C@@H](CCCNC(N)=O)C(=O)Nc3ccc(COC(=O)N(C)CCN(C)C(=O)Oc4ccc5[nH]c6c(C)c7ccncc7c(C)c6c5c4)cc3)C(C)C)CC[C@@H]12. The Bertz CT molecular complexity index is 3750. The number of urea groups is 1. The fourth-order valence-corrected chi connectivity index (χ4v) is 12.3. The predicted octanol–water partition coefficient (Wildman–Crippen LogP) is 5.31. The Morgan fingerprint density at radius 3 is 2.09 bits per heavy atom. The normalized spacial score (nSPS) is 15.3. The molecule has 3 aromatic carbocycles. The second kappa shape index (κ2) is 40.5. The summed E-state index contributed by atoms with van der Waals surface area (Å²) >= 11 is 0. The van der Waals surface area contributed by atoms with Gasteiger partial charge in [-0.25, -0.2) is 14.4 Å². The lowest BCUT2D eigenvalue weighted by Crippen LogP contribution is -2.55. The first-order valence-electron chi connectivity index (χ1n) is 35.4. The van der Waals surface area contributed by atoms with Gasteiger partial charge in [0, 0.05) is 111 Å². The number of anilines is 1. The van der Waals surface area contributed by atoms with E-state index in [2.05, 4.69) is 73.0 Å². The molecule has 2 aliphatic carbocycles. The van der Waals surface area contributed by atoms with E-state index in [0.29, 0.717) is 108 Å². The number of nitrogens with zero attached hydrogens (tertiary/aromatic N) is 5. The van der Waals surface area contributed by atoms with E-state index in [1.165, 1.54) is 9.80 Å². The summed E-state index contributed by atoms with van der Waals surface area (Å²) in [5.41, 5.74) is 12.4. The van der Waals surface area contributed by atoms with Gasteiger partial charge in [0.15, 0.2) is 5.69 Å². The molecule has 0 aliphatic heterocycles. The number of carbonyl (C=O) groups is 8. The molecule has 8 rings (SSSR count). The Balaban J connectivity index is 0.681. The monoisotopic (exact) mass is 1420 g/mol. The molecule has 556 valence electrons. The molecule has 10 N–H and O–H groups in total. The maximum absolute atomic E-state index is 13.9. The van der Waals surface area contributed by atoms with Gasteiger partial charge in [-0.15, -0.1) is 0 Å². The minimum absolute atomic E-state index is 0.00142. The molecule has 0 spiro atoms. The van der Waals surface area contributed by atoms with Crippen molar-refractivity contribution in [2.75, 3.05) is 125 Å². The molecular formula is C72H103N14O16+. The van der Waals surface area contributed by atoms with Crippen LogP contribution >= 0.6 is 0 Å². The van der Waals surface area contributed by atoms with Gasteiger partial charge in [0.1, 0.15) is 44.2 Å². The highest BCUT2D eigenvalue weighted by molar-refractivity contribution is 6.16. The summed E-state index contributed by atoms with van der Waals surface area (Å²) in [7, 11) is 3.14. The standard InChI is InChI=1S/C72H102N14O16/c1-8-9-10-25-75-61(87)24-32-95-35-37-97-39-40-98-38-36-96-33-28-76-62(88)45-100-67-53-18-21-58-60(22-19-54(53)67)86(83-82-58)31-34-99-44-63(89)81-65(46(2)3)69(91)80-59(12-11-26-77-70(73)92)68(90)78-50-15-13-49(14-16-50)43-101-71(93)84(6)29-30-85(7)72(94)102-51-17-20-57-55(41-51)64-47(4)56-42-74-27-23-52(56)48(5)66(64)79-57/h13-17,20,23,27,41-42,46,53-54,59,65,67H,8-12,18-19,21-22,24-26,28-40,43-45H2,1-7H3,(H9,73,74,75,76,77,78,79,80,81,87,88,89,90,91,92)/p+1/t53-,54+,59+,65+,67?/m1/s1.